The zero-order valence-electron chi connectivity index (χ0n) is 3.90. The summed E-state index contributed by atoms with van der Waals surface area (Å²) >= 11 is 10.8. The maximum Gasteiger partial charge on any atom is 0.237 e. The zero-order chi connectivity index (χ0) is 6.15. The third-order valence-corrected chi connectivity index (χ3v) is 1.58. The molecule has 1 amide bonds. The molecular formula is C3H4Cl2N2O. The van der Waals surface area contributed by atoms with Crippen LogP contribution in [0.5, 0.6) is 0 Å². The number of amides is 1. The summed E-state index contributed by atoms with van der Waals surface area (Å²) < 4.78 is 1.20. The van der Waals surface area contributed by atoms with Gasteiger partial charge in [-0.3, -0.25) is 4.79 Å². The lowest BCUT2D eigenvalue weighted by molar-refractivity contribution is -0.118. The van der Waals surface area contributed by atoms with E-state index in [1.54, 1.807) is 0 Å². The van der Waals surface area contributed by atoms with Crippen molar-refractivity contribution in [3.8, 4) is 0 Å². The van der Waals surface area contributed by atoms with Crippen molar-refractivity contribution in [1.29, 1.82) is 0 Å². The Balaban J connectivity index is 2.51. The van der Waals surface area contributed by atoms with Crippen LogP contribution in [0.2, 0.25) is 0 Å². The van der Waals surface area contributed by atoms with E-state index in [0.29, 0.717) is 0 Å². The lowest BCUT2D eigenvalue weighted by Crippen LogP contribution is -2.24. The average molecular weight is 155 g/mol. The number of nitrogens with zero attached hydrogens (tertiary/aromatic N) is 1. The van der Waals surface area contributed by atoms with Gasteiger partial charge in [-0.15, -0.1) is 0 Å². The molecule has 1 saturated heterocycles. The highest BCUT2D eigenvalue weighted by Gasteiger charge is 2.25. The molecule has 0 saturated carbocycles. The molecule has 1 atom stereocenters. The van der Waals surface area contributed by atoms with Gasteiger partial charge in [0.1, 0.15) is 0 Å². The minimum atomic E-state index is -0.538. The van der Waals surface area contributed by atoms with E-state index in [-0.39, 0.29) is 12.5 Å². The first-order valence-corrected chi connectivity index (χ1v) is 2.83. The Morgan fingerprint density at radius 2 is 2.50 bits per heavy atom. The highest BCUT2D eigenvalue weighted by molar-refractivity contribution is 6.27. The van der Waals surface area contributed by atoms with Crippen LogP contribution in [0.25, 0.3) is 0 Å². The molecule has 1 fully saturated rings. The van der Waals surface area contributed by atoms with Crippen molar-refractivity contribution < 1.29 is 4.79 Å². The van der Waals surface area contributed by atoms with Crippen molar-refractivity contribution in [3.05, 3.63) is 0 Å². The Labute approximate surface area is 56.7 Å². The summed E-state index contributed by atoms with van der Waals surface area (Å²) in [5, 5.41) is 2.39. The first-order chi connectivity index (χ1) is 3.70. The number of hydrogen-bond donors (Lipinski definition) is 1. The second kappa shape index (κ2) is 2.09. The van der Waals surface area contributed by atoms with E-state index in [1.807, 2.05) is 0 Å². The Bertz CT molecular complexity index is 106. The third-order valence-electron chi connectivity index (χ3n) is 0.821. The van der Waals surface area contributed by atoms with Gasteiger partial charge in [0.15, 0.2) is 5.62 Å². The molecule has 0 aromatic rings. The molecule has 1 aliphatic heterocycles. The van der Waals surface area contributed by atoms with Gasteiger partial charge in [0.25, 0.3) is 0 Å². The number of rotatable bonds is 0. The van der Waals surface area contributed by atoms with Crippen LogP contribution < -0.4 is 5.32 Å². The van der Waals surface area contributed by atoms with Crippen molar-refractivity contribution >= 4 is 29.3 Å². The molecule has 3 nitrogen and oxygen atoms in total. The number of carbonyl (C=O) groups is 1. The molecule has 0 aromatic carbocycles. The maximum absolute atomic E-state index is 10.3. The summed E-state index contributed by atoms with van der Waals surface area (Å²) in [7, 11) is 0. The predicted octanol–water partition coefficient (Wildman–Crippen LogP) is 0.0944. The van der Waals surface area contributed by atoms with Crippen LogP contribution in [0.3, 0.4) is 0 Å². The van der Waals surface area contributed by atoms with Crippen molar-refractivity contribution in [3.63, 3.8) is 0 Å². The van der Waals surface area contributed by atoms with E-state index < -0.39 is 5.62 Å². The van der Waals surface area contributed by atoms with E-state index in [2.05, 4.69) is 5.32 Å². The molecule has 0 radical (unpaired) electrons. The minimum absolute atomic E-state index is 0.139. The highest BCUT2D eigenvalue weighted by atomic mass is 35.5. The number of hydrogen-bond acceptors (Lipinski definition) is 2. The Hall–Kier alpha value is 0.01000. The van der Waals surface area contributed by atoms with Gasteiger partial charge in [0.2, 0.25) is 5.91 Å². The first kappa shape index (κ1) is 6.13. The molecule has 1 unspecified atom stereocenters. The van der Waals surface area contributed by atoms with E-state index in [4.69, 9.17) is 23.4 Å². The summed E-state index contributed by atoms with van der Waals surface area (Å²) in [5.41, 5.74) is -0.538. The molecule has 1 rings (SSSR count). The molecule has 0 bridgehead atoms. The largest absolute Gasteiger partial charge is 0.325 e. The number of carbonyl (C=O) groups excluding carboxylic acids is 1. The van der Waals surface area contributed by atoms with Crippen molar-refractivity contribution in [2.45, 2.75) is 5.62 Å². The molecule has 0 spiro atoms. The Morgan fingerprint density at radius 3 is 2.62 bits per heavy atom. The molecule has 1 aliphatic rings. The van der Waals surface area contributed by atoms with E-state index in [1.165, 1.54) is 4.42 Å². The molecule has 0 aliphatic carbocycles. The van der Waals surface area contributed by atoms with Gasteiger partial charge in [-0.05, 0) is 11.8 Å². The summed E-state index contributed by atoms with van der Waals surface area (Å²) in [6.45, 7) is 0.176. The Kier molecular flexibility index (Phi) is 1.60. The smallest absolute Gasteiger partial charge is 0.237 e. The standard InChI is InChI=1S/C3H4Cl2N2O/c4-3-6-2(8)1-7(3)5/h3H,1H2,(H,6,8). The van der Waals surface area contributed by atoms with Gasteiger partial charge >= 0.3 is 0 Å². The van der Waals surface area contributed by atoms with E-state index >= 15 is 0 Å². The van der Waals surface area contributed by atoms with Gasteiger partial charge < -0.3 is 5.32 Å². The minimum Gasteiger partial charge on any atom is -0.325 e. The van der Waals surface area contributed by atoms with Crippen LogP contribution >= 0.6 is 23.4 Å². The topological polar surface area (TPSA) is 32.3 Å². The Morgan fingerprint density at radius 1 is 1.88 bits per heavy atom. The fourth-order valence-electron chi connectivity index (χ4n) is 0.466. The van der Waals surface area contributed by atoms with Crippen LogP contribution in [0.4, 0.5) is 0 Å². The number of nitrogens with one attached hydrogen (secondary N) is 1. The second-order valence-electron chi connectivity index (χ2n) is 1.46. The van der Waals surface area contributed by atoms with Crippen LogP contribution in [-0.4, -0.2) is 22.5 Å². The summed E-state index contributed by atoms with van der Waals surface area (Å²) in [6, 6.07) is 0. The number of halogens is 2. The average Bonchev–Trinajstić information content (AvgIpc) is 1.85. The van der Waals surface area contributed by atoms with Crippen molar-refractivity contribution in [2.75, 3.05) is 6.54 Å². The molecular weight excluding hydrogens is 151 g/mol. The summed E-state index contributed by atoms with van der Waals surface area (Å²) in [6.07, 6.45) is 0. The predicted molar refractivity (Wildman–Crippen MR) is 30.3 cm³/mol. The lowest BCUT2D eigenvalue weighted by atomic mass is 10.7. The van der Waals surface area contributed by atoms with Gasteiger partial charge in [0, 0.05) is 0 Å². The normalized spacial score (nSPS) is 30.8. The zero-order valence-corrected chi connectivity index (χ0v) is 5.41. The van der Waals surface area contributed by atoms with Gasteiger partial charge in [-0.1, -0.05) is 11.6 Å². The molecule has 46 valence electrons. The molecule has 1 N–H and O–H groups in total. The highest BCUT2D eigenvalue weighted by Crippen LogP contribution is 2.09. The molecule has 8 heavy (non-hydrogen) atoms. The van der Waals surface area contributed by atoms with Gasteiger partial charge in [0.05, 0.1) is 6.54 Å². The fraction of sp³-hybridized carbons (Fsp3) is 0.667. The first-order valence-electron chi connectivity index (χ1n) is 2.06. The van der Waals surface area contributed by atoms with Crippen molar-refractivity contribution in [2.24, 2.45) is 0 Å². The third kappa shape index (κ3) is 1.05. The number of alkyl halides is 1. The van der Waals surface area contributed by atoms with Crippen molar-refractivity contribution in [1.82, 2.24) is 9.74 Å². The fourth-order valence-corrected chi connectivity index (χ4v) is 0.814. The summed E-state index contributed by atoms with van der Waals surface area (Å²) in [5.74, 6) is -0.139. The van der Waals surface area contributed by atoms with Crippen LogP contribution in [0.15, 0.2) is 0 Å². The maximum atomic E-state index is 10.3. The van der Waals surface area contributed by atoms with Crippen LogP contribution in [0, 0.1) is 0 Å². The van der Waals surface area contributed by atoms with Crippen LogP contribution in [0.1, 0.15) is 0 Å². The monoisotopic (exact) mass is 154 g/mol. The SMILES string of the molecule is O=C1CN(Cl)C(Cl)N1. The summed E-state index contributed by atoms with van der Waals surface area (Å²) in [4.78, 5) is 10.3. The van der Waals surface area contributed by atoms with Crippen LogP contribution in [-0.2, 0) is 4.79 Å². The lowest BCUT2D eigenvalue weighted by Gasteiger charge is -2.04. The van der Waals surface area contributed by atoms with Gasteiger partial charge in [-0.25, -0.2) is 0 Å². The second-order valence-corrected chi connectivity index (χ2v) is 2.31. The van der Waals surface area contributed by atoms with E-state index in [0.717, 1.165) is 0 Å². The van der Waals surface area contributed by atoms with E-state index in [9.17, 15) is 4.79 Å². The van der Waals surface area contributed by atoms with Gasteiger partial charge in [-0.2, -0.15) is 4.42 Å². The quantitative estimate of drug-likeness (QED) is 0.305. The molecule has 0 aromatic heterocycles. The molecule has 5 heteroatoms. The molecule has 1 heterocycles.